The van der Waals surface area contributed by atoms with Gasteiger partial charge in [-0.1, -0.05) is 0 Å². The zero-order valence-corrected chi connectivity index (χ0v) is 9.48. The Balaban J connectivity index is 0. The highest BCUT2D eigenvalue weighted by atomic mass is 35.5. The van der Waals surface area contributed by atoms with Gasteiger partial charge in [0.05, 0.1) is 4.88 Å². The number of rotatable bonds is 1. The molecular weight excluding hydrogens is 244 g/mol. The number of hydrogen-bond acceptors (Lipinski definition) is 3. The van der Waals surface area contributed by atoms with E-state index in [1.54, 1.807) is 22.7 Å². The fraction of sp³-hybridized carbons (Fsp3) is 0. The Labute approximate surface area is 94.9 Å². The molecule has 0 aliphatic carbocycles. The van der Waals surface area contributed by atoms with E-state index < -0.39 is 0 Å². The molecule has 0 fully saturated rings. The molecule has 80 valence electrons. The lowest BCUT2D eigenvalue weighted by Crippen LogP contribution is -2.08. The summed E-state index contributed by atoms with van der Waals surface area (Å²) in [4.78, 5) is 0.864. The molecule has 0 aromatic carbocycles. The third kappa shape index (κ3) is 2.66. The van der Waals surface area contributed by atoms with Gasteiger partial charge >= 0.3 is 0 Å². The molecular formula is C7H11ClN2O2S2. The van der Waals surface area contributed by atoms with Crippen molar-refractivity contribution in [2.24, 2.45) is 5.73 Å². The highest BCUT2D eigenvalue weighted by Gasteiger charge is 2.03. The van der Waals surface area contributed by atoms with Crippen LogP contribution in [0.2, 0.25) is 0 Å². The number of fused-ring (bicyclic) bond motifs is 1. The molecule has 7 heteroatoms. The fourth-order valence-electron chi connectivity index (χ4n) is 0.905. The van der Waals surface area contributed by atoms with Crippen molar-refractivity contribution >= 4 is 51.0 Å². The molecule has 7 N–H and O–H groups in total. The molecule has 0 unspecified atom stereocenters. The van der Waals surface area contributed by atoms with Crippen LogP contribution in [0.1, 0.15) is 4.88 Å². The van der Waals surface area contributed by atoms with Crippen molar-refractivity contribution in [3.8, 4) is 0 Å². The van der Waals surface area contributed by atoms with E-state index in [1.165, 1.54) is 10.1 Å². The largest absolute Gasteiger partial charge is 0.412 e. The molecule has 0 aliphatic heterocycles. The molecule has 0 radical (unpaired) electrons. The van der Waals surface area contributed by atoms with Gasteiger partial charge < -0.3 is 16.7 Å². The average molecular weight is 255 g/mol. The van der Waals surface area contributed by atoms with Gasteiger partial charge in [0.15, 0.2) is 0 Å². The molecule has 2 heterocycles. The highest BCUT2D eigenvalue weighted by Crippen LogP contribution is 2.28. The summed E-state index contributed by atoms with van der Waals surface area (Å²) in [6.45, 7) is 0. The molecule has 4 nitrogen and oxygen atoms in total. The van der Waals surface area contributed by atoms with E-state index in [9.17, 15) is 0 Å². The Morgan fingerprint density at radius 3 is 2.43 bits per heavy atom. The third-order valence-corrected chi connectivity index (χ3v) is 3.47. The standard InChI is InChI=1S/C7H6N2S2.ClH.2H2O/c8-7(9)5-1-4-2-10-3-6(4)11-5;;;/h1-3H,(H3,8,9);1H;2*1H2. The number of nitrogens with two attached hydrogens (primary N) is 1. The van der Waals surface area contributed by atoms with E-state index in [1.807, 2.05) is 6.07 Å². The summed E-state index contributed by atoms with van der Waals surface area (Å²) >= 11 is 3.25. The Morgan fingerprint density at radius 2 is 1.93 bits per heavy atom. The molecule has 0 bridgehead atoms. The highest BCUT2D eigenvalue weighted by molar-refractivity contribution is 7.24. The smallest absolute Gasteiger partial charge is 0.133 e. The molecule has 0 aliphatic rings. The molecule has 2 rings (SSSR count). The van der Waals surface area contributed by atoms with Gasteiger partial charge in [-0.05, 0) is 11.4 Å². The lowest BCUT2D eigenvalue weighted by atomic mass is 10.3. The second kappa shape index (κ2) is 5.94. The van der Waals surface area contributed by atoms with Crippen LogP contribution in [0.25, 0.3) is 10.1 Å². The molecule has 0 amide bonds. The van der Waals surface area contributed by atoms with E-state index in [-0.39, 0.29) is 29.2 Å². The predicted molar refractivity (Wildman–Crippen MR) is 65.2 cm³/mol. The first-order chi connectivity index (χ1) is 5.27. The van der Waals surface area contributed by atoms with Crippen molar-refractivity contribution in [2.75, 3.05) is 0 Å². The molecule has 0 spiro atoms. The Bertz CT molecular complexity index is 384. The average Bonchev–Trinajstić information content (AvgIpc) is 2.40. The second-order valence-electron chi connectivity index (χ2n) is 2.22. The summed E-state index contributed by atoms with van der Waals surface area (Å²) in [6.07, 6.45) is 0. The molecule has 14 heavy (non-hydrogen) atoms. The van der Waals surface area contributed by atoms with Crippen LogP contribution in [0, 0.1) is 5.41 Å². The zero-order valence-electron chi connectivity index (χ0n) is 7.03. The molecule has 0 saturated carbocycles. The minimum atomic E-state index is 0. The van der Waals surface area contributed by atoms with Crippen LogP contribution in [-0.2, 0) is 0 Å². The minimum absolute atomic E-state index is 0. The van der Waals surface area contributed by atoms with Crippen LogP contribution in [0.15, 0.2) is 16.8 Å². The minimum Gasteiger partial charge on any atom is -0.412 e. The molecule has 0 saturated heterocycles. The molecule has 0 atom stereocenters. The third-order valence-electron chi connectivity index (χ3n) is 1.43. The fourth-order valence-corrected chi connectivity index (χ4v) is 2.78. The maximum absolute atomic E-state index is 7.20. The zero-order chi connectivity index (χ0) is 7.84. The van der Waals surface area contributed by atoms with Gasteiger partial charge in [-0.3, -0.25) is 5.41 Å². The maximum Gasteiger partial charge on any atom is 0.133 e. The summed E-state index contributed by atoms with van der Waals surface area (Å²) < 4.78 is 1.22. The van der Waals surface area contributed by atoms with Gasteiger partial charge in [0.1, 0.15) is 5.84 Å². The summed E-state index contributed by atoms with van der Waals surface area (Å²) in [5.74, 6) is 0.163. The maximum atomic E-state index is 7.20. The van der Waals surface area contributed by atoms with Crippen molar-refractivity contribution in [3.05, 3.63) is 21.7 Å². The normalized spacial score (nSPS) is 8.29. The topological polar surface area (TPSA) is 113 Å². The van der Waals surface area contributed by atoms with Crippen LogP contribution < -0.4 is 5.73 Å². The Morgan fingerprint density at radius 1 is 1.29 bits per heavy atom. The van der Waals surface area contributed by atoms with Crippen LogP contribution in [-0.4, -0.2) is 16.8 Å². The van der Waals surface area contributed by atoms with Crippen molar-refractivity contribution in [1.29, 1.82) is 5.41 Å². The monoisotopic (exact) mass is 254 g/mol. The van der Waals surface area contributed by atoms with Crippen molar-refractivity contribution in [1.82, 2.24) is 0 Å². The number of thiophene rings is 2. The predicted octanol–water partition coefficient (Wildman–Crippen LogP) is 1.02. The van der Waals surface area contributed by atoms with Gasteiger partial charge in [0, 0.05) is 15.5 Å². The first-order valence-electron chi connectivity index (χ1n) is 3.07. The lowest BCUT2D eigenvalue weighted by molar-refractivity contribution is 0.823. The second-order valence-corrected chi connectivity index (χ2v) is 4.04. The number of nitrogen functional groups attached to an aromatic ring is 1. The van der Waals surface area contributed by atoms with Gasteiger partial charge in [-0.2, -0.15) is 11.3 Å². The summed E-state index contributed by atoms with van der Waals surface area (Å²) in [5, 5.41) is 12.5. The van der Waals surface area contributed by atoms with Crippen LogP contribution in [0.4, 0.5) is 0 Å². The molecule has 2 aromatic rings. The van der Waals surface area contributed by atoms with Crippen molar-refractivity contribution in [2.45, 2.75) is 0 Å². The number of nitrogens with one attached hydrogen (secondary N) is 1. The van der Waals surface area contributed by atoms with Crippen LogP contribution >= 0.6 is 35.1 Å². The number of amidine groups is 1. The lowest BCUT2D eigenvalue weighted by Gasteiger charge is -1.86. The number of halogens is 1. The van der Waals surface area contributed by atoms with Crippen molar-refractivity contribution < 1.29 is 11.0 Å². The van der Waals surface area contributed by atoms with E-state index >= 15 is 0 Å². The Kier molecular flexibility index (Phi) is 6.71. The van der Waals surface area contributed by atoms with Gasteiger partial charge in [0.25, 0.3) is 0 Å². The molecule has 2 aromatic heterocycles. The van der Waals surface area contributed by atoms with E-state index in [2.05, 4.69) is 10.8 Å². The van der Waals surface area contributed by atoms with Gasteiger partial charge in [-0.15, -0.1) is 23.7 Å². The summed E-state index contributed by atoms with van der Waals surface area (Å²) in [6, 6.07) is 1.96. The summed E-state index contributed by atoms with van der Waals surface area (Å²) in [5.41, 5.74) is 5.33. The SMILES string of the molecule is Cl.N=C(N)c1cc2cscc2s1.O.O. The van der Waals surface area contributed by atoms with E-state index in [0.717, 1.165) is 4.88 Å². The van der Waals surface area contributed by atoms with E-state index in [4.69, 9.17) is 11.1 Å². The quantitative estimate of drug-likeness (QED) is 0.574. The summed E-state index contributed by atoms with van der Waals surface area (Å²) in [7, 11) is 0. The van der Waals surface area contributed by atoms with Gasteiger partial charge in [-0.25, -0.2) is 0 Å². The van der Waals surface area contributed by atoms with Gasteiger partial charge in [0.2, 0.25) is 0 Å². The number of hydrogen-bond donors (Lipinski definition) is 2. The Hall–Kier alpha value is -0.660. The first kappa shape index (κ1) is 15.8. The van der Waals surface area contributed by atoms with Crippen LogP contribution in [0.3, 0.4) is 0 Å². The van der Waals surface area contributed by atoms with Crippen molar-refractivity contribution in [3.63, 3.8) is 0 Å². The van der Waals surface area contributed by atoms with E-state index in [0.29, 0.717) is 0 Å². The first-order valence-corrected chi connectivity index (χ1v) is 4.83. The van der Waals surface area contributed by atoms with Crippen LogP contribution in [0.5, 0.6) is 0 Å².